The van der Waals surface area contributed by atoms with Gasteiger partial charge >= 0.3 is 0 Å². The van der Waals surface area contributed by atoms with Gasteiger partial charge < -0.3 is 0 Å². The summed E-state index contributed by atoms with van der Waals surface area (Å²) in [5, 5.41) is -0.276. The molecule has 0 unspecified atom stereocenters. The molecule has 0 N–H and O–H groups in total. The molecule has 0 aliphatic heterocycles. The van der Waals surface area contributed by atoms with E-state index in [1.165, 1.54) is 11.1 Å². The molecule has 0 aromatic carbocycles. The molecule has 0 heterocycles. The van der Waals surface area contributed by atoms with Crippen molar-refractivity contribution in [1.82, 2.24) is 0 Å². The largest absolute Gasteiger partial charge is 0.103 e. The van der Waals surface area contributed by atoms with Crippen LogP contribution in [0.2, 0.25) is 5.31 Å². The second kappa shape index (κ2) is 6.50. The molecule has 0 spiro atoms. The Kier molecular flexibility index (Phi) is 6.08. The lowest BCUT2D eigenvalue weighted by molar-refractivity contribution is 0.804. The summed E-state index contributed by atoms with van der Waals surface area (Å²) in [4.78, 5) is 0. The molecule has 2 radical (unpaired) electrons. The van der Waals surface area contributed by atoms with Crippen LogP contribution < -0.4 is 0 Å². The van der Waals surface area contributed by atoms with Crippen LogP contribution in [0.25, 0.3) is 0 Å². The first-order valence-electron chi connectivity index (χ1n) is 5.33. The highest BCUT2D eigenvalue weighted by Gasteiger charge is 2.16. The van der Waals surface area contributed by atoms with E-state index in [1.807, 2.05) is 32.9 Å². The zero-order valence-electron chi connectivity index (χ0n) is 10.4. The molecule has 0 atom stereocenters. The fourth-order valence-electron chi connectivity index (χ4n) is 1.58. The Bertz CT molecular complexity index is 285. The van der Waals surface area contributed by atoms with Crippen LogP contribution in [-0.2, 0) is 0 Å². The van der Waals surface area contributed by atoms with Crippen molar-refractivity contribution in [2.45, 2.75) is 39.4 Å². The minimum Gasteiger partial charge on any atom is -0.103 e. The second-order valence-corrected chi connectivity index (χ2v) is 4.23. The summed E-state index contributed by atoms with van der Waals surface area (Å²) in [7, 11) is 6.07. The molecule has 15 heavy (non-hydrogen) atoms. The maximum Gasteiger partial charge on any atom is 0.0802 e. The van der Waals surface area contributed by atoms with Gasteiger partial charge in [-0.05, 0) is 31.2 Å². The fraction of sp³-hybridized carbons (Fsp3) is 0.429. The van der Waals surface area contributed by atoms with Gasteiger partial charge in [0.2, 0.25) is 0 Å². The van der Waals surface area contributed by atoms with Crippen molar-refractivity contribution < 1.29 is 0 Å². The van der Waals surface area contributed by atoms with Crippen molar-refractivity contribution >= 4 is 7.85 Å². The molecule has 0 aliphatic carbocycles. The van der Waals surface area contributed by atoms with Gasteiger partial charge in [0.15, 0.2) is 0 Å². The third kappa shape index (κ3) is 5.46. The molecular formula is C14H21B. The van der Waals surface area contributed by atoms with Crippen LogP contribution in [0.15, 0.2) is 48.1 Å². The maximum atomic E-state index is 6.07. The van der Waals surface area contributed by atoms with Gasteiger partial charge in [-0.2, -0.15) is 0 Å². The number of allylic oxidation sites excluding steroid dienone is 7. The predicted octanol–water partition coefficient (Wildman–Crippen LogP) is 4.38. The number of hydrogen-bond acceptors (Lipinski definition) is 0. The van der Waals surface area contributed by atoms with Gasteiger partial charge in [0, 0.05) is 0 Å². The average Bonchev–Trinajstić information content (AvgIpc) is 2.11. The van der Waals surface area contributed by atoms with Crippen molar-refractivity contribution in [2.24, 2.45) is 0 Å². The molecule has 1 heteroatoms. The van der Waals surface area contributed by atoms with E-state index in [4.69, 9.17) is 7.85 Å². The smallest absolute Gasteiger partial charge is 0.0802 e. The van der Waals surface area contributed by atoms with E-state index in [-0.39, 0.29) is 5.31 Å². The van der Waals surface area contributed by atoms with Crippen LogP contribution in [0.1, 0.15) is 34.1 Å². The van der Waals surface area contributed by atoms with Crippen LogP contribution in [0.4, 0.5) is 0 Å². The van der Waals surface area contributed by atoms with E-state index in [9.17, 15) is 0 Å². The molecule has 0 aliphatic rings. The van der Waals surface area contributed by atoms with Crippen LogP contribution in [0.3, 0.4) is 0 Å². The van der Waals surface area contributed by atoms with Crippen LogP contribution in [0, 0.1) is 0 Å². The summed E-state index contributed by atoms with van der Waals surface area (Å²) < 4.78 is 0. The topological polar surface area (TPSA) is 0 Å². The summed E-state index contributed by atoms with van der Waals surface area (Å²) >= 11 is 0. The lowest BCUT2D eigenvalue weighted by atomic mass is 9.65. The van der Waals surface area contributed by atoms with Gasteiger partial charge in [-0.3, -0.25) is 0 Å². The Morgan fingerprint density at radius 3 is 2.40 bits per heavy atom. The van der Waals surface area contributed by atoms with Gasteiger partial charge in [0.25, 0.3) is 0 Å². The minimum atomic E-state index is -0.276. The first-order chi connectivity index (χ1) is 6.93. The van der Waals surface area contributed by atoms with Gasteiger partial charge in [-0.25, -0.2) is 0 Å². The summed E-state index contributed by atoms with van der Waals surface area (Å²) in [5.41, 5.74) is 2.40. The van der Waals surface area contributed by atoms with Crippen molar-refractivity contribution in [2.75, 3.05) is 0 Å². The Morgan fingerprint density at radius 1 is 1.40 bits per heavy atom. The summed E-state index contributed by atoms with van der Waals surface area (Å²) in [6, 6.07) is 0. The standard InChI is InChI=1S/C14H21B/c1-6-8-9-10-11-12(3)13(7-2)14(4,5)15/h6-7,9-11H,1,8H2,2-5H3/b10-9+,12-11-,13-7+. The monoisotopic (exact) mass is 200 g/mol. The lowest BCUT2D eigenvalue weighted by Gasteiger charge is -2.24. The van der Waals surface area contributed by atoms with Gasteiger partial charge in [-0.1, -0.05) is 49.8 Å². The predicted molar refractivity (Wildman–Crippen MR) is 71.3 cm³/mol. The van der Waals surface area contributed by atoms with Gasteiger partial charge in [0.1, 0.15) is 0 Å². The highest BCUT2D eigenvalue weighted by Crippen LogP contribution is 2.34. The zero-order valence-corrected chi connectivity index (χ0v) is 10.4. The van der Waals surface area contributed by atoms with Gasteiger partial charge in [-0.15, -0.1) is 6.58 Å². The molecule has 0 aromatic rings. The first-order valence-corrected chi connectivity index (χ1v) is 5.33. The van der Waals surface area contributed by atoms with E-state index in [0.29, 0.717) is 0 Å². The van der Waals surface area contributed by atoms with Crippen molar-refractivity contribution in [3.8, 4) is 0 Å². The zero-order chi connectivity index (χ0) is 11.9. The Labute approximate surface area is 95.9 Å². The average molecular weight is 200 g/mol. The Morgan fingerprint density at radius 2 is 2.00 bits per heavy atom. The highest BCUT2D eigenvalue weighted by molar-refractivity contribution is 6.17. The minimum absolute atomic E-state index is 0.276. The molecule has 0 fully saturated rings. The van der Waals surface area contributed by atoms with Crippen molar-refractivity contribution in [1.29, 1.82) is 0 Å². The van der Waals surface area contributed by atoms with E-state index in [2.05, 4.69) is 31.7 Å². The van der Waals surface area contributed by atoms with Crippen LogP contribution in [-0.4, -0.2) is 7.85 Å². The van der Waals surface area contributed by atoms with E-state index >= 15 is 0 Å². The quantitative estimate of drug-likeness (QED) is 0.351. The SMILES string of the molecule is [B]C(C)(C)C(=C/C)/C(C)=C\C=C\CC=C. The second-order valence-electron chi connectivity index (χ2n) is 4.23. The molecule has 0 amide bonds. The molecule has 0 nitrogen and oxygen atoms in total. The molecular weight excluding hydrogens is 179 g/mol. The van der Waals surface area contributed by atoms with E-state index in [0.717, 1.165) is 6.42 Å². The molecule has 0 aromatic heterocycles. The molecule has 0 saturated heterocycles. The highest BCUT2D eigenvalue weighted by atomic mass is 14.2. The Hall–Kier alpha value is -0.975. The van der Waals surface area contributed by atoms with Gasteiger partial charge in [0.05, 0.1) is 7.85 Å². The summed E-state index contributed by atoms with van der Waals surface area (Å²) in [5.74, 6) is 0. The number of rotatable bonds is 5. The van der Waals surface area contributed by atoms with E-state index < -0.39 is 0 Å². The van der Waals surface area contributed by atoms with Crippen LogP contribution in [0.5, 0.6) is 0 Å². The summed E-state index contributed by atoms with van der Waals surface area (Å²) in [6.07, 6.45) is 11.1. The summed E-state index contributed by atoms with van der Waals surface area (Å²) in [6.45, 7) is 11.8. The first kappa shape index (κ1) is 14.0. The third-order valence-electron chi connectivity index (χ3n) is 2.19. The molecule has 0 rings (SSSR count). The van der Waals surface area contributed by atoms with Crippen LogP contribution >= 0.6 is 0 Å². The normalized spacial score (nSPS) is 14.7. The molecule has 0 bridgehead atoms. The molecule has 80 valence electrons. The Balaban J connectivity index is 4.68. The maximum absolute atomic E-state index is 6.07. The lowest BCUT2D eigenvalue weighted by Crippen LogP contribution is -2.07. The molecule has 0 saturated carbocycles. The van der Waals surface area contributed by atoms with E-state index in [1.54, 1.807) is 0 Å². The van der Waals surface area contributed by atoms with Crippen molar-refractivity contribution in [3.63, 3.8) is 0 Å². The third-order valence-corrected chi connectivity index (χ3v) is 2.19. The fourth-order valence-corrected chi connectivity index (χ4v) is 1.58. The van der Waals surface area contributed by atoms with Crippen molar-refractivity contribution in [3.05, 3.63) is 48.1 Å². The number of hydrogen-bond donors (Lipinski definition) is 0.